The Bertz CT molecular complexity index is 78.5. The van der Waals surface area contributed by atoms with Gasteiger partial charge in [0.05, 0.1) is 6.10 Å². The second-order valence-electron chi connectivity index (χ2n) is 2.19. The Morgan fingerprint density at radius 1 is 1.75 bits per heavy atom. The maximum Gasteiger partial charge on any atom is 0.0814 e. The molecule has 0 amide bonds. The first-order chi connectivity index (χ1) is 3.72. The molecule has 48 valence electrons. The first kappa shape index (κ1) is 6.39. The monoisotopic (exact) mass is 133 g/mol. The van der Waals surface area contributed by atoms with E-state index in [0.29, 0.717) is 5.25 Å². The summed E-state index contributed by atoms with van der Waals surface area (Å²) in [5, 5.41) is 9.46. The first-order valence-corrected chi connectivity index (χ1v) is 3.82. The number of aliphatic hydroxyl groups is 1. The van der Waals surface area contributed by atoms with Crippen LogP contribution >= 0.6 is 11.8 Å². The maximum absolute atomic E-state index is 9.12. The van der Waals surface area contributed by atoms with Crippen molar-refractivity contribution in [2.24, 2.45) is 5.73 Å². The molecule has 1 rings (SSSR count). The van der Waals surface area contributed by atoms with E-state index in [0.717, 1.165) is 5.75 Å². The van der Waals surface area contributed by atoms with Crippen LogP contribution in [0.5, 0.6) is 0 Å². The van der Waals surface area contributed by atoms with Crippen molar-refractivity contribution < 1.29 is 5.11 Å². The van der Waals surface area contributed by atoms with Crippen LogP contribution in [0.4, 0.5) is 0 Å². The lowest BCUT2D eigenvalue weighted by atomic mass is 10.1. The Balaban J connectivity index is 2.44. The van der Waals surface area contributed by atoms with Gasteiger partial charge in [-0.25, -0.2) is 0 Å². The van der Waals surface area contributed by atoms with Gasteiger partial charge in [-0.15, -0.1) is 0 Å². The molecule has 1 heterocycles. The van der Waals surface area contributed by atoms with Gasteiger partial charge in [0.2, 0.25) is 0 Å². The van der Waals surface area contributed by atoms with Crippen molar-refractivity contribution in [3.8, 4) is 0 Å². The average molecular weight is 133 g/mol. The zero-order chi connectivity index (χ0) is 6.15. The molecule has 3 atom stereocenters. The molecule has 3 N–H and O–H groups in total. The fraction of sp³-hybridized carbons (Fsp3) is 1.00. The molecule has 0 aliphatic carbocycles. The SMILES string of the molecule is CC1SCC(N)C1O. The van der Waals surface area contributed by atoms with Crippen molar-refractivity contribution in [1.29, 1.82) is 0 Å². The van der Waals surface area contributed by atoms with Gasteiger partial charge in [0.25, 0.3) is 0 Å². The molecule has 1 aliphatic rings. The summed E-state index contributed by atoms with van der Waals surface area (Å²) in [6, 6.07) is 0.00926. The van der Waals surface area contributed by atoms with E-state index >= 15 is 0 Å². The van der Waals surface area contributed by atoms with Crippen molar-refractivity contribution in [3.05, 3.63) is 0 Å². The van der Waals surface area contributed by atoms with E-state index < -0.39 is 0 Å². The summed E-state index contributed by atoms with van der Waals surface area (Å²) < 4.78 is 0. The zero-order valence-corrected chi connectivity index (χ0v) is 5.69. The van der Waals surface area contributed by atoms with Gasteiger partial charge < -0.3 is 10.8 Å². The van der Waals surface area contributed by atoms with Gasteiger partial charge in [0, 0.05) is 17.0 Å². The van der Waals surface area contributed by atoms with Gasteiger partial charge in [-0.2, -0.15) is 11.8 Å². The molecule has 2 nitrogen and oxygen atoms in total. The van der Waals surface area contributed by atoms with Crippen LogP contribution in [0.3, 0.4) is 0 Å². The van der Waals surface area contributed by atoms with Gasteiger partial charge in [-0.3, -0.25) is 0 Å². The van der Waals surface area contributed by atoms with Crippen LogP contribution < -0.4 is 5.73 Å². The predicted molar refractivity (Wildman–Crippen MR) is 35.9 cm³/mol. The first-order valence-electron chi connectivity index (χ1n) is 2.77. The molecule has 0 radical (unpaired) electrons. The smallest absolute Gasteiger partial charge is 0.0814 e. The maximum atomic E-state index is 9.12. The third kappa shape index (κ3) is 0.989. The van der Waals surface area contributed by atoms with E-state index in [2.05, 4.69) is 0 Å². The topological polar surface area (TPSA) is 46.2 Å². The Labute approximate surface area is 53.5 Å². The van der Waals surface area contributed by atoms with Gasteiger partial charge in [-0.1, -0.05) is 6.92 Å². The van der Waals surface area contributed by atoms with E-state index in [1.54, 1.807) is 11.8 Å². The lowest BCUT2D eigenvalue weighted by molar-refractivity contribution is 0.162. The lowest BCUT2D eigenvalue weighted by Crippen LogP contribution is -2.35. The highest BCUT2D eigenvalue weighted by Gasteiger charge is 2.28. The molecule has 0 aromatic rings. The largest absolute Gasteiger partial charge is 0.390 e. The summed E-state index contributed by atoms with van der Waals surface area (Å²) in [7, 11) is 0. The Hall–Kier alpha value is 0.270. The van der Waals surface area contributed by atoms with E-state index in [1.165, 1.54) is 0 Å². The van der Waals surface area contributed by atoms with Crippen molar-refractivity contribution in [1.82, 2.24) is 0 Å². The second kappa shape index (κ2) is 2.25. The van der Waals surface area contributed by atoms with Gasteiger partial charge >= 0.3 is 0 Å². The molecule has 0 aromatic carbocycles. The average Bonchev–Trinajstić information content (AvgIpc) is 1.98. The van der Waals surface area contributed by atoms with E-state index in [1.807, 2.05) is 6.92 Å². The van der Waals surface area contributed by atoms with Crippen LogP contribution in [0.1, 0.15) is 6.92 Å². The lowest BCUT2D eigenvalue weighted by Gasteiger charge is -2.09. The Morgan fingerprint density at radius 3 is 2.50 bits per heavy atom. The van der Waals surface area contributed by atoms with Gasteiger partial charge in [0.1, 0.15) is 0 Å². The van der Waals surface area contributed by atoms with Crippen LogP contribution in [0.25, 0.3) is 0 Å². The van der Waals surface area contributed by atoms with E-state index in [4.69, 9.17) is 10.8 Å². The normalized spacial score (nSPS) is 47.6. The third-order valence-corrected chi connectivity index (χ3v) is 2.85. The molecule has 3 unspecified atom stereocenters. The third-order valence-electron chi connectivity index (χ3n) is 1.47. The molecule has 0 saturated carbocycles. The molecule has 8 heavy (non-hydrogen) atoms. The molecule has 3 heteroatoms. The molecule has 1 saturated heterocycles. The molecule has 1 fully saturated rings. The summed E-state index contributed by atoms with van der Waals surface area (Å²) >= 11 is 1.74. The minimum absolute atomic E-state index is 0.00926. The quantitative estimate of drug-likeness (QED) is 0.481. The Kier molecular flexibility index (Phi) is 1.80. The number of rotatable bonds is 0. The molecule has 1 aliphatic heterocycles. The van der Waals surface area contributed by atoms with Gasteiger partial charge in [-0.05, 0) is 0 Å². The molecular weight excluding hydrogens is 122 g/mol. The van der Waals surface area contributed by atoms with Crippen molar-refractivity contribution in [2.75, 3.05) is 5.75 Å². The fourth-order valence-corrected chi connectivity index (χ4v) is 1.93. The summed E-state index contributed by atoms with van der Waals surface area (Å²) in [4.78, 5) is 0. The number of nitrogens with two attached hydrogens (primary N) is 1. The summed E-state index contributed by atoms with van der Waals surface area (Å²) in [6.07, 6.45) is -0.278. The van der Waals surface area contributed by atoms with Crippen LogP contribution in [0.15, 0.2) is 0 Å². The van der Waals surface area contributed by atoms with Crippen molar-refractivity contribution in [3.63, 3.8) is 0 Å². The highest BCUT2D eigenvalue weighted by Crippen LogP contribution is 2.24. The molecular formula is C5H11NOS. The Morgan fingerprint density at radius 2 is 2.38 bits per heavy atom. The highest BCUT2D eigenvalue weighted by atomic mass is 32.2. The summed E-state index contributed by atoms with van der Waals surface area (Å²) in [5.41, 5.74) is 5.50. The highest BCUT2D eigenvalue weighted by molar-refractivity contribution is 8.00. The van der Waals surface area contributed by atoms with E-state index in [9.17, 15) is 0 Å². The van der Waals surface area contributed by atoms with E-state index in [-0.39, 0.29) is 12.1 Å². The fourth-order valence-electron chi connectivity index (χ4n) is 0.808. The number of hydrogen-bond acceptors (Lipinski definition) is 3. The molecule has 0 spiro atoms. The minimum Gasteiger partial charge on any atom is -0.390 e. The standard InChI is InChI=1S/C5H11NOS/c1-3-5(7)4(6)2-8-3/h3-5,7H,2,6H2,1H3. The zero-order valence-electron chi connectivity index (χ0n) is 4.87. The number of aliphatic hydroxyl groups excluding tert-OH is 1. The predicted octanol–water partition coefficient (Wildman–Crippen LogP) is -0.190. The van der Waals surface area contributed by atoms with Crippen LogP contribution in [-0.2, 0) is 0 Å². The van der Waals surface area contributed by atoms with Crippen molar-refractivity contribution >= 4 is 11.8 Å². The molecule has 0 bridgehead atoms. The van der Waals surface area contributed by atoms with Gasteiger partial charge in [0.15, 0.2) is 0 Å². The van der Waals surface area contributed by atoms with Crippen LogP contribution in [0, 0.1) is 0 Å². The van der Waals surface area contributed by atoms with Crippen LogP contribution in [-0.4, -0.2) is 28.3 Å². The summed E-state index contributed by atoms with van der Waals surface area (Å²) in [6.45, 7) is 2.00. The number of thioether (sulfide) groups is 1. The molecule has 0 aromatic heterocycles. The minimum atomic E-state index is -0.278. The second-order valence-corrected chi connectivity index (χ2v) is 3.60. The summed E-state index contributed by atoms with van der Waals surface area (Å²) in [5.74, 6) is 0.905. The van der Waals surface area contributed by atoms with Crippen LogP contribution in [0.2, 0.25) is 0 Å². The number of hydrogen-bond donors (Lipinski definition) is 2. The van der Waals surface area contributed by atoms with Crippen molar-refractivity contribution in [2.45, 2.75) is 24.3 Å².